The Balaban J connectivity index is 1.78. The summed E-state index contributed by atoms with van der Waals surface area (Å²) in [7, 11) is -3.21. The third-order valence-corrected chi connectivity index (χ3v) is 6.71. The van der Waals surface area contributed by atoms with Crippen molar-refractivity contribution in [1.29, 1.82) is 0 Å². The lowest BCUT2D eigenvalue weighted by atomic mass is 10.1. The molecule has 1 aliphatic heterocycles. The highest BCUT2D eigenvalue weighted by Gasteiger charge is 2.37. The summed E-state index contributed by atoms with van der Waals surface area (Å²) >= 11 is 0. The molecule has 0 saturated carbocycles. The van der Waals surface area contributed by atoms with Crippen LogP contribution in [0, 0.1) is 5.82 Å². The van der Waals surface area contributed by atoms with Gasteiger partial charge in [0.1, 0.15) is 28.6 Å². The van der Waals surface area contributed by atoms with Crippen LogP contribution in [0.4, 0.5) is 17.6 Å². The molecule has 182 valence electrons. The number of nitrogens with zero attached hydrogens (tertiary/aromatic N) is 4. The van der Waals surface area contributed by atoms with Crippen LogP contribution >= 0.6 is 0 Å². The molecule has 0 aliphatic carbocycles. The second kappa shape index (κ2) is 7.51. The third-order valence-electron chi connectivity index (χ3n) is 5.12. The zero-order valence-corrected chi connectivity index (χ0v) is 18.6. The van der Waals surface area contributed by atoms with E-state index in [0.717, 1.165) is 19.2 Å². The van der Waals surface area contributed by atoms with Crippen LogP contribution in [-0.4, -0.2) is 33.4 Å². The molecule has 3 heterocycles. The number of halogens is 4. The quantitative estimate of drug-likeness (QED) is 0.501. The number of fused-ring (bicyclic) bond motifs is 1. The molecule has 1 aliphatic rings. The van der Waals surface area contributed by atoms with Gasteiger partial charge < -0.3 is 9.36 Å². The lowest BCUT2D eigenvalue weighted by Crippen LogP contribution is -2.41. The summed E-state index contributed by atoms with van der Waals surface area (Å²) in [6.07, 6.45) is -4.96. The Morgan fingerprint density at radius 1 is 1.18 bits per heavy atom. The highest BCUT2D eigenvalue weighted by Crippen LogP contribution is 2.30. The molecule has 0 fully saturated rings. The molecule has 34 heavy (non-hydrogen) atoms. The molecule has 0 radical (unpaired) electrons. The molecule has 0 amide bonds. The topological polar surface area (TPSA) is 126 Å². The fraction of sp³-hybridized carbons (Fsp3) is 0.368. The van der Waals surface area contributed by atoms with Crippen LogP contribution in [0.1, 0.15) is 31.7 Å². The molecular formula is C19H16F4N4O6S. The van der Waals surface area contributed by atoms with Crippen molar-refractivity contribution >= 4 is 25.9 Å². The van der Waals surface area contributed by atoms with Gasteiger partial charge in [0.25, 0.3) is 5.56 Å². The molecule has 0 N–H and O–H groups in total. The van der Waals surface area contributed by atoms with Gasteiger partial charge in [0, 0.05) is 31.0 Å². The Bertz CT molecular complexity index is 1580. The van der Waals surface area contributed by atoms with Crippen LogP contribution in [0.15, 0.2) is 37.5 Å². The van der Waals surface area contributed by atoms with E-state index in [9.17, 15) is 35.6 Å². The average Bonchev–Trinajstić information content (AvgIpc) is 3.27. The maximum Gasteiger partial charge on any atom is 0.431 e. The predicted molar refractivity (Wildman–Crippen MR) is 110 cm³/mol. The highest BCUT2D eigenvalue weighted by molar-refractivity contribution is 8.05. The molecular weight excluding hydrogens is 488 g/mol. The van der Waals surface area contributed by atoms with Gasteiger partial charge in [-0.1, -0.05) is 10.3 Å². The first-order valence-electron chi connectivity index (χ1n) is 9.57. The van der Waals surface area contributed by atoms with Gasteiger partial charge >= 0.3 is 11.9 Å². The van der Waals surface area contributed by atoms with Crippen LogP contribution in [-0.2, 0) is 33.7 Å². The van der Waals surface area contributed by atoms with E-state index in [1.165, 1.54) is 0 Å². The number of rotatable bonds is 3. The van der Waals surface area contributed by atoms with Crippen molar-refractivity contribution in [2.45, 2.75) is 37.8 Å². The standard InChI is InChI=1S/C19H16F4N4O6S/c1-18(2)7-15(25-33-18)34(30,31)8-11-9-4-10(20)12(5-13(9)32-24-11)27-16(28)6-14(19(21,22)23)26(3)17(27)29/h4-6H,7-8H2,1-3H3. The Kier molecular flexibility index (Phi) is 5.23. The highest BCUT2D eigenvalue weighted by atomic mass is 32.2. The number of aromatic nitrogens is 3. The van der Waals surface area contributed by atoms with E-state index in [1.807, 2.05) is 0 Å². The summed E-state index contributed by atoms with van der Waals surface area (Å²) in [6.45, 7) is 3.30. The second-order valence-corrected chi connectivity index (χ2v) is 10.2. The molecule has 0 bridgehead atoms. The van der Waals surface area contributed by atoms with Gasteiger partial charge in [0.05, 0.1) is 5.69 Å². The van der Waals surface area contributed by atoms with E-state index in [2.05, 4.69) is 10.3 Å². The van der Waals surface area contributed by atoms with Crippen molar-refractivity contribution in [1.82, 2.24) is 14.3 Å². The van der Waals surface area contributed by atoms with Gasteiger partial charge in [0.2, 0.25) is 9.84 Å². The van der Waals surface area contributed by atoms with Crippen molar-refractivity contribution in [3.63, 3.8) is 0 Å². The fourth-order valence-corrected chi connectivity index (χ4v) is 4.88. The van der Waals surface area contributed by atoms with Crippen LogP contribution in [0.5, 0.6) is 0 Å². The SMILES string of the molecule is Cn1c(C(F)(F)F)cc(=O)n(-c2cc3onc(CS(=O)(=O)C4=NOC(C)(C)C4)c3cc2F)c1=O. The van der Waals surface area contributed by atoms with E-state index in [-0.39, 0.29) is 43.3 Å². The van der Waals surface area contributed by atoms with Crippen molar-refractivity contribution in [2.75, 3.05) is 0 Å². The molecule has 3 aromatic rings. The summed E-state index contributed by atoms with van der Waals surface area (Å²) in [6, 6.07) is 1.82. The number of hydrogen-bond acceptors (Lipinski definition) is 8. The lowest BCUT2D eigenvalue weighted by Gasteiger charge is -2.14. The molecule has 0 saturated heterocycles. The number of benzene rings is 1. The molecule has 10 nitrogen and oxygen atoms in total. The van der Waals surface area contributed by atoms with Gasteiger partial charge in [-0.15, -0.1) is 0 Å². The predicted octanol–water partition coefficient (Wildman–Crippen LogP) is 2.26. The number of alkyl halides is 3. The third kappa shape index (κ3) is 3.99. The van der Waals surface area contributed by atoms with Crippen LogP contribution < -0.4 is 11.2 Å². The normalized spacial score (nSPS) is 16.0. The minimum Gasteiger partial charge on any atom is -0.389 e. The Morgan fingerprint density at radius 3 is 2.44 bits per heavy atom. The molecule has 0 spiro atoms. The summed E-state index contributed by atoms with van der Waals surface area (Å²) in [5.41, 5.74) is -6.22. The van der Waals surface area contributed by atoms with E-state index in [0.29, 0.717) is 0 Å². The smallest absolute Gasteiger partial charge is 0.389 e. The summed E-state index contributed by atoms with van der Waals surface area (Å²) in [4.78, 5) is 29.8. The molecule has 0 unspecified atom stereocenters. The number of oxime groups is 1. The molecule has 1 aromatic carbocycles. The van der Waals surface area contributed by atoms with E-state index < -0.39 is 55.8 Å². The van der Waals surface area contributed by atoms with Gasteiger partial charge in [-0.05, 0) is 19.9 Å². The fourth-order valence-electron chi connectivity index (χ4n) is 3.43. The number of hydrogen-bond donors (Lipinski definition) is 0. The average molecular weight is 504 g/mol. The van der Waals surface area contributed by atoms with Gasteiger partial charge in [-0.25, -0.2) is 22.2 Å². The molecule has 4 rings (SSSR count). The van der Waals surface area contributed by atoms with Crippen molar-refractivity contribution in [3.05, 3.63) is 56.2 Å². The van der Waals surface area contributed by atoms with E-state index in [1.54, 1.807) is 13.8 Å². The lowest BCUT2D eigenvalue weighted by molar-refractivity contribution is -0.144. The summed E-state index contributed by atoms with van der Waals surface area (Å²) < 4.78 is 84.9. The second-order valence-electron chi connectivity index (χ2n) is 8.24. The van der Waals surface area contributed by atoms with Crippen molar-refractivity contribution in [2.24, 2.45) is 12.2 Å². The van der Waals surface area contributed by atoms with E-state index in [4.69, 9.17) is 9.36 Å². The van der Waals surface area contributed by atoms with Gasteiger partial charge in [-0.2, -0.15) is 13.2 Å². The van der Waals surface area contributed by atoms with Crippen LogP contribution in [0.3, 0.4) is 0 Å². The first-order chi connectivity index (χ1) is 15.6. The van der Waals surface area contributed by atoms with E-state index >= 15 is 0 Å². The Hall–Kier alpha value is -3.49. The maximum atomic E-state index is 14.9. The van der Waals surface area contributed by atoms with Gasteiger partial charge in [-0.3, -0.25) is 9.36 Å². The first kappa shape index (κ1) is 23.7. The summed E-state index contributed by atoms with van der Waals surface area (Å²) in [5, 5.41) is 6.94. The Labute approximate surface area is 187 Å². The number of sulfone groups is 1. The van der Waals surface area contributed by atoms with Gasteiger partial charge in [0.15, 0.2) is 10.6 Å². The van der Waals surface area contributed by atoms with Crippen molar-refractivity contribution < 1.29 is 35.3 Å². The van der Waals surface area contributed by atoms with Crippen molar-refractivity contribution in [3.8, 4) is 5.69 Å². The minimum absolute atomic E-state index is 0.0176. The summed E-state index contributed by atoms with van der Waals surface area (Å²) in [5.74, 6) is -1.88. The zero-order valence-electron chi connectivity index (χ0n) is 17.8. The molecule has 15 heteroatoms. The monoisotopic (exact) mass is 504 g/mol. The van der Waals surface area contributed by atoms with Crippen LogP contribution in [0.2, 0.25) is 0 Å². The zero-order chi connectivity index (χ0) is 25.2. The molecule has 2 aromatic heterocycles. The maximum absolute atomic E-state index is 14.9. The first-order valence-corrected chi connectivity index (χ1v) is 11.2. The minimum atomic E-state index is -4.98. The van der Waals surface area contributed by atoms with Crippen LogP contribution in [0.25, 0.3) is 16.7 Å². The largest absolute Gasteiger partial charge is 0.431 e. The Morgan fingerprint density at radius 2 is 1.85 bits per heavy atom. The molecule has 0 atom stereocenters.